The van der Waals surface area contributed by atoms with Crippen molar-refractivity contribution in [2.45, 2.75) is 0 Å². The maximum absolute atomic E-state index is 11.1. The van der Waals surface area contributed by atoms with Gasteiger partial charge in [-0.2, -0.15) is 0 Å². The first-order valence-electron chi connectivity index (χ1n) is 5.60. The predicted octanol–water partition coefficient (Wildman–Crippen LogP) is 3.33. The quantitative estimate of drug-likeness (QED) is 0.491. The Bertz CT molecular complexity index is 661. The summed E-state index contributed by atoms with van der Waals surface area (Å²) in [6.07, 6.45) is 0. The SMILES string of the molecule is COc1cccc(-c2nc(Cl)ccc2[N+](=O)[O-])c1OC. The van der Waals surface area contributed by atoms with Gasteiger partial charge in [0.25, 0.3) is 5.69 Å². The Hall–Kier alpha value is -2.34. The second-order valence-corrected chi connectivity index (χ2v) is 4.19. The smallest absolute Gasteiger partial charge is 0.295 e. The van der Waals surface area contributed by atoms with Crippen LogP contribution in [-0.2, 0) is 0 Å². The van der Waals surface area contributed by atoms with Crippen LogP contribution >= 0.6 is 11.6 Å². The molecule has 1 aromatic carbocycles. The summed E-state index contributed by atoms with van der Waals surface area (Å²) in [6.45, 7) is 0. The molecule has 20 heavy (non-hydrogen) atoms. The molecule has 0 radical (unpaired) electrons. The third-order valence-corrected chi connectivity index (χ3v) is 2.91. The van der Waals surface area contributed by atoms with E-state index in [9.17, 15) is 10.1 Å². The Morgan fingerprint density at radius 3 is 2.55 bits per heavy atom. The number of para-hydroxylation sites is 1. The number of nitrogens with zero attached hydrogens (tertiary/aromatic N) is 2. The number of methoxy groups -OCH3 is 2. The molecule has 0 saturated carbocycles. The molecular weight excluding hydrogens is 284 g/mol. The van der Waals surface area contributed by atoms with E-state index in [0.29, 0.717) is 17.1 Å². The number of nitro groups is 1. The van der Waals surface area contributed by atoms with Crippen LogP contribution in [0.2, 0.25) is 5.15 Å². The molecule has 0 atom stereocenters. The third-order valence-electron chi connectivity index (χ3n) is 2.69. The van der Waals surface area contributed by atoms with Gasteiger partial charge in [-0.3, -0.25) is 10.1 Å². The molecule has 0 fully saturated rings. The van der Waals surface area contributed by atoms with Gasteiger partial charge in [0.1, 0.15) is 5.15 Å². The highest BCUT2D eigenvalue weighted by atomic mass is 35.5. The Morgan fingerprint density at radius 1 is 1.20 bits per heavy atom. The van der Waals surface area contributed by atoms with Crippen molar-refractivity contribution < 1.29 is 14.4 Å². The number of hydrogen-bond donors (Lipinski definition) is 0. The lowest BCUT2D eigenvalue weighted by Gasteiger charge is -2.12. The van der Waals surface area contributed by atoms with E-state index < -0.39 is 4.92 Å². The number of benzene rings is 1. The summed E-state index contributed by atoms with van der Waals surface area (Å²) in [5, 5.41) is 11.3. The zero-order chi connectivity index (χ0) is 14.7. The summed E-state index contributed by atoms with van der Waals surface area (Å²) in [5.41, 5.74) is 0.431. The van der Waals surface area contributed by atoms with Crippen LogP contribution in [0.25, 0.3) is 11.3 Å². The van der Waals surface area contributed by atoms with Crippen molar-refractivity contribution in [3.05, 3.63) is 45.6 Å². The van der Waals surface area contributed by atoms with Crippen molar-refractivity contribution in [3.63, 3.8) is 0 Å². The van der Waals surface area contributed by atoms with Gasteiger partial charge >= 0.3 is 0 Å². The molecule has 6 nitrogen and oxygen atoms in total. The number of rotatable bonds is 4. The molecule has 0 unspecified atom stereocenters. The lowest BCUT2D eigenvalue weighted by Crippen LogP contribution is -1.98. The van der Waals surface area contributed by atoms with E-state index in [1.165, 1.54) is 26.4 Å². The van der Waals surface area contributed by atoms with Gasteiger partial charge in [0.05, 0.1) is 24.7 Å². The molecule has 0 spiro atoms. The van der Waals surface area contributed by atoms with E-state index in [1.807, 2.05) is 0 Å². The summed E-state index contributed by atoms with van der Waals surface area (Å²) in [5.74, 6) is 0.828. The molecule has 0 N–H and O–H groups in total. The molecule has 0 bridgehead atoms. The van der Waals surface area contributed by atoms with Gasteiger partial charge in [0.2, 0.25) is 0 Å². The van der Waals surface area contributed by atoms with E-state index in [0.717, 1.165) is 0 Å². The molecule has 1 heterocycles. The topological polar surface area (TPSA) is 74.5 Å². The average molecular weight is 295 g/mol. The molecule has 7 heteroatoms. The van der Waals surface area contributed by atoms with Gasteiger partial charge in [0, 0.05) is 6.07 Å². The lowest BCUT2D eigenvalue weighted by atomic mass is 10.1. The van der Waals surface area contributed by atoms with Gasteiger partial charge in [-0.15, -0.1) is 0 Å². The van der Waals surface area contributed by atoms with E-state index in [1.54, 1.807) is 18.2 Å². The minimum atomic E-state index is -0.516. The average Bonchev–Trinajstić information content (AvgIpc) is 2.45. The Morgan fingerprint density at radius 2 is 1.95 bits per heavy atom. The van der Waals surface area contributed by atoms with Gasteiger partial charge in [-0.1, -0.05) is 17.7 Å². The Kier molecular flexibility index (Phi) is 4.05. The lowest BCUT2D eigenvalue weighted by molar-refractivity contribution is -0.384. The maximum Gasteiger partial charge on any atom is 0.295 e. The molecule has 0 aliphatic rings. The van der Waals surface area contributed by atoms with E-state index >= 15 is 0 Å². The molecule has 0 aliphatic carbocycles. The first kappa shape index (κ1) is 14.1. The molecule has 1 aromatic heterocycles. The fourth-order valence-electron chi connectivity index (χ4n) is 1.85. The second kappa shape index (κ2) is 5.75. The van der Waals surface area contributed by atoms with Crippen molar-refractivity contribution >= 4 is 17.3 Å². The first-order chi connectivity index (χ1) is 9.58. The molecule has 0 amide bonds. The van der Waals surface area contributed by atoms with Crippen molar-refractivity contribution in [1.29, 1.82) is 0 Å². The minimum absolute atomic E-state index is 0.137. The number of pyridine rings is 1. The summed E-state index contributed by atoms with van der Waals surface area (Å²) in [7, 11) is 2.94. The van der Waals surface area contributed by atoms with E-state index in [2.05, 4.69) is 4.98 Å². The molecular formula is C13H11ClN2O4. The van der Waals surface area contributed by atoms with Crippen molar-refractivity contribution in [1.82, 2.24) is 4.98 Å². The second-order valence-electron chi connectivity index (χ2n) is 3.80. The van der Waals surface area contributed by atoms with E-state index in [4.69, 9.17) is 21.1 Å². The molecule has 104 valence electrons. The highest BCUT2D eigenvalue weighted by Crippen LogP contribution is 2.40. The van der Waals surface area contributed by atoms with Crippen LogP contribution in [0.5, 0.6) is 11.5 Å². The molecule has 0 saturated heterocycles. The molecule has 0 aliphatic heterocycles. The Balaban J connectivity index is 2.74. The number of hydrogen-bond acceptors (Lipinski definition) is 5. The van der Waals surface area contributed by atoms with Crippen molar-refractivity contribution in [2.24, 2.45) is 0 Å². The zero-order valence-corrected chi connectivity index (χ0v) is 11.5. The summed E-state index contributed by atoms with van der Waals surface area (Å²) >= 11 is 5.83. The summed E-state index contributed by atoms with van der Waals surface area (Å²) in [6, 6.07) is 7.73. The van der Waals surface area contributed by atoms with E-state index in [-0.39, 0.29) is 16.5 Å². The normalized spacial score (nSPS) is 10.2. The van der Waals surface area contributed by atoms with Crippen LogP contribution in [0.15, 0.2) is 30.3 Å². The van der Waals surface area contributed by atoms with Gasteiger partial charge in [0.15, 0.2) is 17.2 Å². The van der Waals surface area contributed by atoms with Crippen LogP contribution in [0.3, 0.4) is 0 Å². The monoisotopic (exact) mass is 294 g/mol. The number of halogens is 1. The standard InChI is InChI=1S/C13H11ClN2O4/c1-19-10-5-3-4-8(13(10)20-2)12-9(16(17)18)6-7-11(14)15-12/h3-7H,1-2H3. The Labute approximate surface area is 120 Å². The predicted molar refractivity (Wildman–Crippen MR) is 74.4 cm³/mol. The number of aromatic nitrogens is 1. The van der Waals surface area contributed by atoms with Crippen LogP contribution in [0.1, 0.15) is 0 Å². The van der Waals surface area contributed by atoms with Crippen LogP contribution in [0.4, 0.5) is 5.69 Å². The number of ether oxygens (including phenoxy) is 2. The highest BCUT2D eigenvalue weighted by Gasteiger charge is 2.22. The van der Waals surface area contributed by atoms with Crippen LogP contribution < -0.4 is 9.47 Å². The largest absolute Gasteiger partial charge is 0.493 e. The van der Waals surface area contributed by atoms with Gasteiger partial charge in [-0.25, -0.2) is 4.98 Å². The zero-order valence-electron chi connectivity index (χ0n) is 10.8. The minimum Gasteiger partial charge on any atom is -0.493 e. The van der Waals surface area contributed by atoms with Gasteiger partial charge in [-0.05, 0) is 18.2 Å². The van der Waals surface area contributed by atoms with Gasteiger partial charge < -0.3 is 9.47 Å². The molecule has 2 aromatic rings. The maximum atomic E-state index is 11.1. The fourth-order valence-corrected chi connectivity index (χ4v) is 1.99. The third kappa shape index (κ3) is 2.50. The fraction of sp³-hybridized carbons (Fsp3) is 0.154. The summed E-state index contributed by atoms with van der Waals surface area (Å²) < 4.78 is 10.4. The van der Waals surface area contributed by atoms with Crippen LogP contribution in [0, 0.1) is 10.1 Å². The first-order valence-corrected chi connectivity index (χ1v) is 5.98. The van der Waals surface area contributed by atoms with Crippen molar-refractivity contribution in [3.8, 4) is 22.8 Å². The molecule has 2 rings (SSSR count). The summed E-state index contributed by atoms with van der Waals surface area (Å²) in [4.78, 5) is 14.6. The van der Waals surface area contributed by atoms with Crippen molar-refractivity contribution in [2.75, 3.05) is 14.2 Å². The highest BCUT2D eigenvalue weighted by molar-refractivity contribution is 6.29. The van der Waals surface area contributed by atoms with Crippen LogP contribution in [-0.4, -0.2) is 24.1 Å².